The summed E-state index contributed by atoms with van der Waals surface area (Å²) >= 11 is 0.194. The number of rotatable bonds is 6. The first kappa shape index (κ1) is 28.3. The molecule has 0 bridgehead atoms. The quantitative estimate of drug-likeness (QED) is 0.241. The van der Waals surface area contributed by atoms with Crippen LogP contribution >= 0.6 is 28.6 Å². The molecule has 1 heterocycles. The van der Waals surface area contributed by atoms with Crippen LogP contribution in [0.3, 0.4) is 0 Å². The molecule has 0 radical (unpaired) electrons. The summed E-state index contributed by atoms with van der Waals surface area (Å²) in [5.74, 6) is 0. The topological polar surface area (TPSA) is 36.1 Å². The monoisotopic (exact) mass is 525 g/mol. The number of nitrogens with zero attached hydrogens (tertiary/aromatic N) is 5. The Morgan fingerprint density at radius 1 is 0.903 bits per heavy atom. The number of aliphatic imine (C=N–C) groups is 1. The van der Waals surface area contributed by atoms with Gasteiger partial charge < -0.3 is 4.57 Å². The van der Waals surface area contributed by atoms with Gasteiger partial charge in [-0.2, -0.15) is 0 Å². The molecule has 0 aliphatic carbocycles. The molecule has 1 aromatic heterocycles. The molecule has 1 aromatic carbocycles. The van der Waals surface area contributed by atoms with Crippen LogP contribution in [0.15, 0.2) is 34.0 Å². The van der Waals surface area contributed by atoms with Crippen molar-refractivity contribution in [2.24, 2.45) is 16.8 Å². The van der Waals surface area contributed by atoms with Crippen LogP contribution in [0.25, 0.3) is 0 Å². The number of aryl methyl sites for hydroxylation is 3. The molecule has 5 nitrogen and oxygen atoms in total. The van der Waals surface area contributed by atoms with Crippen molar-refractivity contribution >= 4 is 45.7 Å². The van der Waals surface area contributed by atoms with Crippen molar-refractivity contribution in [1.29, 1.82) is 0 Å². The predicted molar refractivity (Wildman–Crippen MR) is 136 cm³/mol. The van der Waals surface area contributed by atoms with Crippen LogP contribution in [0.2, 0.25) is 0 Å². The number of benzene rings is 1. The standard InChI is InChI=1S/C22H34N5P.2ClH.Fe/c1-15-13-16(2)22(17(3)14-15)23-18(4)20-11-12-21(27(20)10)19(5)24-28(25(6)7)26(8)9;;;/h11-14H,1-10H3;2*1H;/q;;;+2/p-2/b23-18?,24-19+;;;. The van der Waals surface area contributed by atoms with E-state index >= 15 is 0 Å². The summed E-state index contributed by atoms with van der Waals surface area (Å²) in [6, 6.07) is 8.66. The second-order valence-corrected chi connectivity index (χ2v) is 12.0. The molecule has 2 rings (SSSR count). The molecule has 0 fully saturated rings. The summed E-state index contributed by atoms with van der Waals surface area (Å²) in [6.07, 6.45) is 0. The van der Waals surface area contributed by atoms with Crippen molar-refractivity contribution in [2.45, 2.75) is 34.6 Å². The number of hydrogen-bond acceptors (Lipinski definition) is 4. The summed E-state index contributed by atoms with van der Waals surface area (Å²) in [4.78, 5) is 4.96. The van der Waals surface area contributed by atoms with Crippen molar-refractivity contribution in [3.8, 4) is 0 Å². The summed E-state index contributed by atoms with van der Waals surface area (Å²) in [5, 5.41) is 0. The van der Waals surface area contributed by atoms with Crippen LogP contribution in [0.5, 0.6) is 0 Å². The van der Waals surface area contributed by atoms with Crippen LogP contribution in [-0.2, 0) is 20.2 Å². The molecule has 0 N–H and O–H groups in total. The van der Waals surface area contributed by atoms with Crippen LogP contribution in [-0.4, -0.2) is 53.5 Å². The zero-order valence-electron chi connectivity index (χ0n) is 20.1. The Hall–Kier alpha value is -0.711. The summed E-state index contributed by atoms with van der Waals surface area (Å²) in [7, 11) is 19.2. The summed E-state index contributed by atoms with van der Waals surface area (Å²) in [5.41, 5.74) is 9.06. The van der Waals surface area contributed by atoms with E-state index < -0.39 is 8.37 Å². The van der Waals surface area contributed by atoms with E-state index in [0.29, 0.717) is 0 Å². The molecule has 9 heteroatoms. The van der Waals surface area contributed by atoms with Crippen molar-refractivity contribution in [1.82, 2.24) is 13.9 Å². The number of halogens is 2. The Morgan fingerprint density at radius 2 is 1.32 bits per heavy atom. The second-order valence-electron chi connectivity index (χ2n) is 7.81. The summed E-state index contributed by atoms with van der Waals surface area (Å²) in [6.45, 7) is 10.6. The Labute approximate surface area is 204 Å². The van der Waals surface area contributed by atoms with Gasteiger partial charge >= 0.3 is 33.3 Å². The Bertz CT molecular complexity index is 907. The molecular weight excluding hydrogens is 492 g/mol. The Balaban J connectivity index is 0.00000151. The first-order chi connectivity index (χ1) is 14.4. The van der Waals surface area contributed by atoms with E-state index in [2.05, 4.69) is 108 Å². The molecule has 0 aliphatic rings. The summed E-state index contributed by atoms with van der Waals surface area (Å²) < 4.78 is 11.5. The first-order valence-electron chi connectivity index (χ1n) is 9.79. The molecule has 0 spiro atoms. The Morgan fingerprint density at radius 3 is 1.74 bits per heavy atom. The van der Waals surface area contributed by atoms with Crippen LogP contribution in [0, 0.1) is 20.8 Å². The van der Waals surface area contributed by atoms with Gasteiger partial charge in [-0.3, -0.25) is 14.3 Å². The van der Waals surface area contributed by atoms with Crippen LogP contribution in [0.4, 0.5) is 5.69 Å². The SMILES string of the molecule is CC(=Nc1c(C)cc(C)cc1C)c1ccc(/C(C)=N/P(N(C)C)N(C)C)n1C.[Cl][Fe][Cl]. The first-order valence-corrected chi connectivity index (χ1v) is 14.0. The third kappa shape index (κ3) is 7.98. The molecule has 0 unspecified atom stereocenters. The van der Waals surface area contributed by atoms with Crippen molar-refractivity contribution in [2.75, 3.05) is 28.2 Å². The fourth-order valence-corrected chi connectivity index (χ4v) is 4.98. The van der Waals surface area contributed by atoms with Gasteiger partial charge in [-0.15, -0.1) is 0 Å². The van der Waals surface area contributed by atoms with E-state index in [9.17, 15) is 0 Å². The minimum absolute atomic E-state index is 0.194. The molecule has 0 amide bonds. The normalized spacial score (nSPS) is 12.7. The van der Waals surface area contributed by atoms with E-state index in [4.69, 9.17) is 30.0 Å². The molecule has 0 saturated heterocycles. The van der Waals surface area contributed by atoms with Gasteiger partial charge in [-0.25, -0.2) is 4.76 Å². The average molecular weight is 526 g/mol. The maximum absolute atomic E-state index is 4.97. The Kier molecular flexibility index (Phi) is 12.0. The predicted octanol–water partition coefficient (Wildman–Crippen LogP) is 6.63. The third-order valence-electron chi connectivity index (χ3n) is 4.73. The molecule has 0 aliphatic heterocycles. The second kappa shape index (κ2) is 13.1. The van der Waals surface area contributed by atoms with E-state index in [-0.39, 0.29) is 13.1 Å². The van der Waals surface area contributed by atoms with Crippen molar-refractivity contribution in [3.05, 3.63) is 52.3 Å². The molecule has 0 atom stereocenters. The van der Waals surface area contributed by atoms with E-state index in [1.807, 2.05) is 0 Å². The minimum atomic E-state index is -0.701. The van der Waals surface area contributed by atoms with Gasteiger partial charge in [-0.05, 0) is 86.1 Å². The number of aromatic nitrogens is 1. The molecule has 2 aromatic rings. The van der Waals surface area contributed by atoms with Crippen LogP contribution < -0.4 is 0 Å². The van der Waals surface area contributed by atoms with Gasteiger partial charge in [0.2, 0.25) is 0 Å². The van der Waals surface area contributed by atoms with E-state index in [1.165, 1.54) is 16.7 Å². The molecular formula is C22H34Cl2FeN5P. The van der Waals surface area contributed by atoms with Crippen molar-refractivity contribution in [3.63, 3.8) is 0 Å². The molecule has 174 valence electrons. The van der Waals surface area contributed by atoms with Gasteiger partial charge in [0.05, 0.1) is 28.5 Å². The average Bonchev–Trinajstić information content (AvgIpc) is 3.04. The fourth-order valence-electron chi connectivity index (χ4n) is 3.53. The van der Waals surface area contributed by atoms with E-state index in [0.717, 1.165) is 28.5 Å². The van der Waals surface area contributed by atoms with Crippen LogP contribution in [0.1, 0.15) is 41.9 Å². The van der Waals surface area contributed by atoms with Gasteiger partial charge in [0.15, 0.2) is 8.37 Å². The van der Waals surface area contributed by atoms with Gasteiger partial charge in [0.1, 0.15) is 0 Å². The molecule has 31 heavy (non-hydrogen) atoms. The third-order valence-corrected chi connectivity index (χ3v) is 6.64. The van der Waals surface area contributed by atoms with Gasteiger partial charge in [0.25, 0.3) is 0 Å². The maximum atomic E-state index is 4.97. The molecule has 0 saturated carbocycles. The van der Waals surface area contributed by atoms with Gasteiger partial charge in [-0.1, -0.05) is 17.7 Å². The number of hydrogen-bond donors (Lipinski definition) is 0. The fraction of sp³-hybridized carbons (Fsp3) is 0.455. The zero-order chi connectivity index (χ0) is 23.9. The van der Waals surface area contributed by atoms with Gasteiger partial charge in [0, 0.05) is 7.05 Å². The van der Waals surface area contributed by atoms with Crippen molar-refractivity contribution < 1.29 is 13.1 Å². The van der Waals surface area contributed by atoms with E-state index in [1.54, 1.807) is 0 Å². The zero-order valence-corrected chi connectivity index (χ0v) is 23.6.